The summed E-state index contributed by atoms with van der Waals surface area (Å²) in [7, 11) is -2.39. The molecule has 0 aliphatic carbocycles. The van der Waals surface area contributed by atoms with Crippen LogP contribution in [0, 0.1) is 5.92 Å². The molecule has 0 spiro atoms. The smallest absolute Gasteiger partial charge is 0.335 e. The average molecular weight is 344 g/mol. The molecule has 0 aromatic heterocycles. The average Bonchev–Trinajstić information content (AvgIpc) is 2.44. The van der Waals surface area contributed by atoms with Crippen molar-refractivity contribution < 1.29 is 23.1 Å². The maximum absolute atomic E-state index is 12.6. The van der Waals surface area contributed by atoms with Crippen LogP contribution in [-0.2, 0) is 14.8 Å². The normalized spacial score (nSPS) is 13.1. The minimum Gasteiger partial charge on any atom is -0.478 e. The molecule has 0 amide bonds. The Kier molecular flexibility index (Phi) is 6.99. The van der Waals surface area contributed by atoms with Gasteiger partial charge in [-0.2, -0.15) is 0 Å². The Bertz CT molecular complexity index is 643. The number of hydrogen-bond acceptors (Lipinski definition) is 5. The standard InChI is InChI=1S/C15H24N2O5S/c1-10(2)8-16-13-6-5-12(15(18)19)7-14(13)23(20,21)17-11(3)9-22-4/h5-7,10-11,16-17H,8-9H2,1-4H3,(H,18,19)/t11-/m1/s1. The number of hydrogen-bond donors (Lipinski definition) is 3. The van der Waals surface area contributed by atoms with Gasteiger partial charge in [0.15, 0.2) is 0 Å². The second-order valence-electron chi connectivity index (χ2n) is 5.77. The molecule has 0 unspecified atom stereocenters. The molecule has 1 rings (SSSR count). The van der Waals surface area contributed by atoms with Gasteiger partial charge in [-0.1, -0.05) is 13.8 Å². The van der Waals surface area contributed by atoms with Crippen molar-refractivity contribution in [2.45, 2.75) is 31.7 Å². The van der Waals surface area contributed by atoms with E-state index in [2.05, 4.69) is 10.0 Å². The Balaban J connectivity index is 3.22. The van der Waals surface area contributed by atoms with Crippen LogP contribution >= 0.6 is 0 Å². The zero-order chi connectivity index (χ0) is 17.6. The van der Waals surface area contributed by atoms with Gasteiger partial charge in [-0.15, -0.1) is 0 Å². The largest absolute Gasteiger partial charge is 0.478 e. The Labute approximate surface area is 137 Å². The molecule has 1 atom stereocenters. The van der Waals surface area contributed by atoms with Crippen LogP contribution in [-0.4, -0.2) is 45.8 Å². The molecule has 0 radical (unpaired) electrons. The number of rotatable bonds is 9. The highest BCUT2D eigenvalue weighted by Gasteiger charge is 2.23. The molecule has 0 bridgehead atoms. The van der Waals surface area contributed by atoms with E-state index in [4.69, 9.17) is 9.84 Å². The third kappa shape index (κ3) is 5.81. The maximum Gasteiger partial charge on any atom is 0.335 e. The number of carbonyl (C=O) groups is 1. The fraction of sp³-hybridized carbons (Fsp3) is 0.533. The van der Waals surface area contributed by atoms with E-state index in [-0.39, 0.29) is 17.1 Å². The first-order valence-corrected chi connectivity index (χ1v) is 8.78. The number of carboxylic acid groups (broad SMARTS) is 1. The molecule has 7 nitrogen and oxygen atoms in total. The van der Waals surface area contributed by atoms with Gasteiger partial charge in [0.1, 0.15) is 4.90 Å². The molecule has 8 heteroatoms. The molecular weight excluding hydrogens is 320 g/mol. The summed E-state index contributed by atoms with van der Waals surface area (Å²) in [6, 6.07) is 3.58. The maximum atomic E-state index is 12.6. The predicted octanol–water partition coefficient (Wildman–Crippen LogP) is 1.77. The van der Waals surface area contributed by atoms with Crippen molar-refractivity contribution in [2.75, 3.05) is 25.6 Å². The van der Waals surface area contributed by atoms with Crippen molar-refractivity contribution in [1.29, 1.82) is 0 Å². The minimum absolute atomic E-state index is 0.0824. The second kappa shape index (κ2) is 8.28. The number of carboxylic acids is 1. The summed E-state index contributed by atoms with van der Waals surface area (Å²) in [6.07, 6.45) is 0. The summed E-state index contributed by atoms with van der Waals surface area (Å²) in [5.74, 6) is -0.869. The second-order valence-corrected chi connectivity index (χ2v) is 7.45. The molecule has 23 heavy (non-hydrogen) atoms. The lowest BCUT2D eigenvalue weighted by Crippen LogP contribution is -2.36. The number of aromatic carboxylic acids is 1. The van der Waals surface area contributed by atoms with Gasteiger partial charge in [-0.05, 0) is 31.0 Å². The molecule has 0 saturated carbocycles. The molecule has 3 N–H and O–H groups in total. The molecule has 0 fully saturated rings. The van der Waals surface area contributed by atoms with Gasteiger partial charge in [-0.25, -0.2) is 17.9 Å². The third-order valence-electron chi connectivity index (χ3n) is 2.99. The fourth-order valence-corrected chi connectivity index (χ4v) is 3.39. The fourth-order valence-electron chi connectivity index (χ4n) is 1.95. The zero-order valence-electron chi connectivity index (χ0n) is 13.8. The Morgan fingerprint density at radius 1 is 1.30 bits per heavy atom. The molecule has 0 heterocycles. The Hall–Kier alpha value is -1.64. The van der Waals surface area contributed by atoms with Crippen LogP contribution in [0.4, 0.5) is 5.69 Å². The topological polar surface area (TPSA) is 105 Å². The van der Waals surface area contributed by atoms with E-state index in [1.165, 1.54) is 19.2 Å². The third-order valence-corrected chi connectivity index (χ3v) is 4.62. The van der Waals surface area contributed by atoms with Gasteiger partial charge in [0, 0.05) is 19.7 Å². The van der Waals surface area contributed by atoms with Crippen LogP contribution in [0.5, 0.6) is 0 Å². The highest BCUT2D eigenvalue weighted by molar-refractivity contribution is 7.89. The molecule has 0 aliphatic rings. The van der Waals surface area contributed by atoms with Crippen LogP contribution in [0.1, 0.15) is 31.1 Å². The molecule has 130 valence electrons. The van der Waals surface area contributed by atoms with Gasteiger partial charge >= 0.3 is 5.97 Å². The van der Waals surface area contributed by atoms with Crippen molar-refractivity contribution in [3.63, 3.8) is 0 Å². The van der Waals surface area contributed by atoms with E-state index in [1.807, 2.05) is 13.8 Å². The first-order valence-electron chi connectivity index (χ1n) is 7.30. The summed E-state index contributed by atoms with van der Waals surface area (Å²) in [6.45, 7) is 6.44. The lowest BCUT2D eigenvalue weighted by molar-refractivity contribution is 0.0696. The van der Waals surface area contributed by atoms with E-state index >= 15 is 0 Å². The van der Waals surface area contributed by atoms with Crippen LogP contribution in [0.15, 0.2) is 23.1 Å². The summed E-state index contributed by atoms with van der Waals surface area (Å²) in [4.78, 5) is 11.0. The van der Waals surface area contributed by atoms with Crippen molar-refractivity contribution in [3.05, 3.63) is 23.8 Å². The Morgan fingerprint density at radius 2 is 1.96 bits per heavy atom. The summed E-state index contributed by atoms with van der Waals surface area (Å²) in [5, 5.41) is 12.1. The SMILES string of the molecule is COC[C@@H](C)NS(=O)(=O)c1cc(C(=O)O)ccc1NCC(C)C. The van der Waals surface area contributed by atoms with Gasteiger partial charge in [-0.3, -0.25) is 0 Å². The van der Waals surface area contributed by atoms with Gasteiger partial charge < -0.3 is 15.2 Å². The number of nitrogens with one attached hydrogen (secondary N) is 2. The van der Waals surface area contributed by atoms with E-state index in [9.17, 15) is 13.2 Å². The van der Waals surface area contributed by atoms with Crippen molar-refractivity contribution in [3.8, 4) is 0 Å². The molecule has 1 aromatic carbocycles. The summed E-state index contributed by atoms with van der Waals surface area (Å²) < 4.78 is 32.5. The van der Waals surface area contributed by atoms with E-state index < -0.39 is 22.0 Å². The predicted molar refractivity (Wildman–Crippen MR) is 88.4 cm³/mol. The van der Waals surface area contributed by atoms with E-state index in [0.29, 0.717) is 18.2 Å². The van der Waals surface area contributed by atoms with Crippen molar-refractivity contribution in [1.82, 2.24) is 4.72 Å². The monoisotopic (exact) mass is 344 g/mol. The lowest BCUT2D eigenvalue weighted by Gasteiger charge is -2.18. The number of ether oxygens (including phenoxy) is 1. The summed E-state index contributed by atoms with van der Waals surface area (Å²) in [5.41, 5.74) is 0.292. The number of anilines is 1. The summed E-state index contributed by atoms with van der Waals surface area (Å²) >= 11 is 0. The first-order chi connectivity index (χ1) is 10.7. The van der Waals surface area contributed by atoms with Crippen molar-refractivity contribution >= 4 is 21.7 Å². The van der Waals surface area contributed by atoms with E-state index in [0.717, 1.165) is 6.07 Å². The number of methoxy groups -OCH3 is 1. The quantitative estimate of drug-likeness (QED) is 0.630. The van der Waals surface area contributed by atoms with E-state index in [1.54, 1.807) is 6.92 Å². The molecular formula is C15H24N2O5S. The van der Waals surface area contributed by atoms with Gasteiger partial charge in [0.05, 0.1) is 17.9 Å². The molecule has 0 aliphatic heterocycles. The lowest BCUT2D eigenvalue weighted by atomic mass is 10.2. The Morgan fingerprint density at radius 3 is 2.48 bits per heavy atom. The minimum atomic E-state index is -3.87. The first kappa shape index (κ1) is 19.4. The van der Waals surface area contributed by atoms with Crippen LogP contribution in [0.2, 0.25) is 0 Å². The van der Waals surface area contributed by atoms with Crippen LogP contribution in [0.25, 0.3) is 0 Å². The highest BCUT2D eigenvalue weighted by Crippen LogP contribution is 2.23. The zero-order valence-corrected chi connectivity index (χ0v) is 14.6. The van der Waals surface area contributed by atoms with Gasteiger partial charge in [0.2, 0.25) is 10.0 Å². The highest BCUT2D eigenvalue weighted by atomic mass is 32.2. The van der Waals surface area contributed by atoms with Crippen molar-refractivity contribution in [2.24, 2.45) is 5.92 Å². The van der Waals surface area contributed by atoms with Crippen LogP contribution < -0.4 is 10.0 Å². The van der Waals surface area contributed by atoms with Gasteiger partial charge in [0.25, 0.3) is 0 Å². The number of sulfonamides is 1. The van der Waals surface area contributed by atoms with Crippen LogP contribution in [0.3, 0.4) is 0 Å². The number of benzene rings is 1. The molecule has 1 aromatic rings. The molecule has 0 saturated heterocycles.